The molecule has 1 aromatic carbocycles. The molecule has 0 fully saturated rings. The third-order valence-corrected chi connectivity index (χ3v) is 3.61. The van der Waals surface area contributed by atoms with E-state index in [4.69, 9.17) is 0 Å². The van der Waals surface area contributed by atoms with E-state index >= 15 is 0 Å². The number of nitrogens with one attached hydrogen (secondary N) is 3. The van der Waals surface area contributed by atoms with Crippen LogP contribution in [-0.2, 0) is 12.8 Å². The number of aryl methyl sites for hydroxylation is 1. The Morgan fingerprint density at radius 2 is 2.04 bits per heavy atom. The van der Waals surface area contributed by atoms with Crippen LogP contribution in [-0.4, -0.2) is 38.1 Å². The SMILES string of the molecule is CCc1ccc(-c2cc(C(=O)NCCc3cn[nH]n3)[nH]n2)cc1. The number of rotatable bonds is 6. The zero-order valence-electron chi connectivity index (χ0n) is 12.8. The number of carbonyl (C=O) groups is 1. The van der Waals surface area contributed by atoms with Crippen molar-refractivity contribution in [2.75, 3.05) is 6.54 Å². The maximum atomic E-state index is 12.1. The molecule has 0 saturated carbocycles. The fourth-order valence-electron chi connectivity index (χ4n) is 2.24. The number of hydrogen-bond acceptors (Lipinski definition) is 4. The molecule has 0 aliphatic rings. The summed E-state index contributed by atoms with van der Waals surface area (Å²) in [6.45, 7) is 2.61. The number of nitrogens with zero attached hydrogens (tertiary/aromatic N) is 3. The van der Waals surface area contributed by atoms with Gasteiger partial charge >= 0.3 is 0 Å². The molecule has 0 spiro atoms. The lowest BCUT2D eigenvalue weighted by Gasteiger charge is -2.01. The Balaban J connectivity index is 1.60. The third-order valence-electron chi connectivity index (χ3n) is 3.61. The summed E-state index contributed by atoms with van der Waals surface area (Å²) in [6, 6.07) is 9.93. The predicted molar refractivity (Wildman–Crippen MR) is 85.8 cm³/mol. The number of aromatic amines is 2. The first-order valence-corrected chi connectivity index (χ1v) is 7.54. The Morgan fingerprint density at radius 3 is 2.74 bits per heavy atom. The quantitative estimate of drug-likeness (QED) is 0.645. The fraction of sp³-hybridized carbons (Fsp3) is 0.250. The number of benzene rings is 1. The van der Waals surface area contributed by atoms with Crippen molar-refractivity contribution in [3.8, 4) is 11.3 Å². The van der Waals surface area contributed by atoms with Gasteiger partial charge in [-0.3, -0.25) is 9.89 Å². The van der Waals surface area contributed by atoms with Gasteiger partial charge in [-0.2, -0.15) is 20.5 Å². The van der Waals surface area contributed by atoms with Gasteiger partial charge in [0.15, 0.2) is 0 Å². The van der Waals surface area contributed by atoms with Crippen molar-refractivity contribution in [3.05, 3.63) is 53.5 Å². The highest BCUT2D eigenvalue weighted by Gasteiger charge is 2.10. The number of carbonyl (C=O) groups excluding carboxylic acids is 1. The van der Waals surface area contributed by atoms with Gasteiger partial charge in [-0.15, -0.1) is 0 Å². The highest BCUT2D eigenvalue weighted by atomic mass is 16.1. The lowest BCUT2D eigenvalue weighted by Crippen LogP contribution is -2.26. The number of hydrogen-bond donors (Lipinski definition) is 3. The first-order chi connectivity index (χ1) is 11.3. The second-order valence-corrected chi connectivity index (χ2v) is 5.18. The number of amides is 1. The maximum absolute atomic E-state index is 12.1. The summed E-state index contributed by atoms with van der Waals surface area (Å²) in [4.78, 5) is 12.1. The molecule has 1 amide bonds. The van der Waals surface area contributed by atoms with Crippen LogP contribution in [0, 0.1) is 0 Å². The average molecular weight is 310 g/mol. The summed E-state index contributed by atoms with van der Waals surface area (Å²) in [6.07, 6.45) is 3.27. The van der Waals surface area contributed by atoms with Gasteiger partial charge in [0, 0.05) is 18.5 Å². The van der Waals surface area contributed by atoms with E-state index < -0.39 is 0 Å². The van der Waals surface area contributed by atoms with Gasteiger partial charge < -0.3 is 5.32 Å². The van der Waals surface area contributed by atoms with Crippen LogP contribution in [0.25, 0.3) is 11.3 Å². The van der Waals surface area contributed by atoms with E-state index in [0.717, 1.165) is 23.4 Å². The molecular weight excluding hydrogens is 292 g/mol. The van der Waals surface area contributed by atoms with E-state index in [1.807, 2.05) is 12.1 Å². The second-order valence-electron chi connectivity index (χ2n) is 5.18. The van der Waals surface area contributed by atoms with Crippen LogP contribution in [0.3, 0.4) is 0 Å². The zero-order valence-corrected chi connectivity index (χ0v) is 12.8. The lowest BCUT2D eigenvalue weighted by molar-refractivity contribution is 0.0949. The Bertz CT molecular complexity index is 760. The molecule has 0 aliphatic carbocycles. The summed E-state index contributed by atoms with van der Waals surface area (Å²) in [5.74, 6) is -0.183. The van der Waals surface area contributed by atoms with Crippen LogP contribution < -0.4 is 5.32 Å². The van der Waals surface area contributed by atoms with Gasteiger partial charge in [0.25, 0.3) is 5.91 Å². The molecule has 2 heterocycles. The largest absolute Gasteiger partial charge is 0.350 e. The minimum absolute atomic E-state index is 0.183. The first kappa shape index (κ1) is 15.0. The molecule has 3 aromatic rings. The van der Waals surface area contributed by atoms with Crippen molar-refractivity contribution >= 4 is 5.91 Å². The Hall–Kier alpha value is -2.96. The molecule has 7 heteroatoms. The predicted octanol–water partition coefficient (Wildman–Crippen LogP) is 1.73. The van der Waals surface area contributed by atoms with E-state index in [0.29, 0.717) is 18.7 Å². The number of H-pyrrole nitrogens is 2. The van der Waals surface area contributed by atoms with E-state index in [1.165, 1.54) is 5.56 Å². The minimum atomic E-state index is -0.183. The molecule has 0 atom stereocenters. The van der Waals surface area contributed by atoms with Crippen molar-refractivity contribution in [1.29, 1.82) is 0 Å². The van der Waals surface area contributed by atoms with Crippen LogP contribution in [0.5, 0.6) is 0 Å². The van der Waals surface area contributed by atoms with E-state index in [1.54, 1.807) is 12.3 Å². The number of aromatic nitrogens is 5. The Kier molecular flexibility index (Phi) is 4.46. The van der Waals surface area contributed by atoms with Gasteiger partial charge in [0.2, 0.25) is 0 Å². The van der Waals surface area contributed by atoms with Gasteiger partial charge in [0.1, 0.15) is 5.69 Å². The van der Waals surface area contributed by atoms with Gasteiger partial charge in [-0.05, 0) is 18.1 Å². The van der Waals surface area contributed by atoms with Gasteiger partial charge in [-0.1, -0.05) is 31.2 Å². The second kappa shape index (κ2) is 6.87. The lowest BCUT2D eigenvalue weighted by atomic mass is 10.1. The van der Waals surface area contributed by atoms with Crippen molar-refractivity contribution in [1.82, 2.24) is 30.9 Å². The smallest absolute Gasteiger partial charge is 0.269 e. The first-order valence-electron chi connectivity index (χ1n) is 7.54. The normalized spacial score (nSPS) is 10.7. The van der Waals surface area contributed by atoms with Crippen molar-refractivity contribution in [2.24, 2.45) is 0 Å². The van der Waals surface area contributed by atoms with Crippen LogP contribution in [0.4, 0.5) is 0 Å². The van der Waals surface area contributed by atoms with E-state index in [-0.39, 0.29) is 5.91 Å². The highest BCUT2D eigenvalue weighted by Crippen LogP contribution is 2.18. The molecular formula is C16H18N6O. The molecule has 0 saturated heterocycles. The van der Waals surface area contributed by atoms with Gasteiger partial charge in [0.05, 0.1) is 17.6 Å². The molecule has 3 N–H and O–H groups in total. The van der Waals surface area contributed by atoms with Crippen molar-refractivity contribution in [3.63, 3.8) is 0 Å². The topological polar surface area (TPSA) is 99.4 Å². The summed E-state index contributed by atoms with van der Waals surface area (Å²) in [7, 11) is 0. The average Bonchev–Trinajstić information content (AvgIpc) is 3.26. The molecule has 0 radical (unpaired) electrons. The molecule has 0 unspecified atom stereocenters. The summed E-state index contributed by atoms with van der Waals surface area (Å²) >= 11 is 0. The summed E-state index contributed by atoms with van der Waals surface area (Å²) in [5, 5.41) is 20.0. The molecule has 3 rings (SSSR count). The Morgan fingerprint density at radius 1 is 1.22 bits per heavy atom. The highest BCUT2D eigenvalue weighted by molar-refractivity contribution is 5.93. The minimum Gasteiger partial charge on any atom is -0.350 e. The van der Waals surface area contributed by atoms with E-state index in [2.05, 4.69) is 50.0 Å². The fourth-order valence-corrected chi connectivity index (χ4v) is 2.24. The van der Waals surface area contributed by atoms with Gasteiger partial charge in [-0.25, -0.2) is 0 Å². The monoisotopic (exact) mass is 310 g/mol. The third kappa shape index (κ3) is 3.63. The standard InChI is InChI=1S/C16H18N6O/c1-2-11-3-5-12(6-4-11)14-9-15(21-20-14)16(23)17-8-7-13-10-18-22-19-13/h3-6,9-10H,2,7-8H2,1H3,(H,17,23)(H,20,21)(H,18,19,22). The van der Waals surface area contributed by atoms with Crippen LogP contribution in [0.1, 0.15) is 28.7 Å². The van der Waals surface area contributed by atoms with Crippen molar-refractivity contribution in [2.45, 2.75) is 19.8 Å². The van der Waals surface area contributed by atoms with Crippen molar-refractivity contribution < 1.29 is 4.79 Å². The zero-order chi connectivity index (χ0) is 16.1. The van der Waals surface area contributed by atoms with Crippen LogP contribution >= 0.6 is 0 Å². The summed E-state index contributed by atoms with van der Waals surface area (Å²) < 4.78 is 0. The molecule has 7 nitrogen and oxygen atoms in total. The van der Waals surface area contributed by atoms with Crippen LogP contribution in [0.15, 0.2) is 36.5 Å². The van der Waals surface area contributed by atoms with Crippen LogP contribution in [0.2, 0.25) is 0 Å². The molecule has 0 aliphatic heterocycles. The molecule has 118 valence electrons. The molecule has 2 aromatic heterocycles. The maximum Gasteiger partial charge on any atom is 0.269 e. The summed E-state index contributed by atoms with van der Waals surface area (Å²) in [5.41, 5.74) is 4.27. The van der Waals surface area contributed by atoms with E-state index in [9.17, 15) is 4.79 Å². The Labute approximate surface area is 133 Å². The molecule has 23 heavy (non-hydrogen) atoms. The molecule has 0 bridgehead atoms.